The Labute approximate surface area is 164 Å². The van der Waals surface area contributed by atoms with E-state index < -0.39 is 30.7 Å². The standard InChI is InChI=1S/C17H13F6N5O2/c1-28-11(7-12(26-28)14(29)24-8-16(18,19)20)6-9-2-4-10(5-3-9)13-25-15(30-27-13)17(21,22)23/h2-5,7H,6,8H2,1H3,(H,24,29). The van der Waals surface area contributed by atoms with Crippen LogP contribution < -0.4 is 5.32 Å². The topological polar surface area (TPSA) is 85.8 Å². The zero-order chi connectivity index (χ0) is 22.1. The van der Waals surface area contributed by atoms with Crippen LogP contribution in [0.1, 0.15) is 27.6 Å². The van der Waals surface area contributed by atoms with Crippen molar-refractivity contribution in [1.29, 1.82) is 0 Å². The highest BCUT2D eigenvalue weighted by Crippen LogP contribution is 2.29. The number of hydrogen-bond acceptors (Lipinski definition) is 5. The van der Waals surface area contributed by atoms with E-state index >= 15 is 0 Å². The molecule has 0 aliphatic heterocycles. The minimum Gasteiger partial charge on any atom is -0.342 e. The van der Waals surface area contributed by atoms with Crippen LogP contribution in [0.5, 0.6) is 0 Å². The summed E-state index contributed by atoms with van der Waals surface area (Å²) in [5, 5.41) is 8.93. The smallest absolute Gasteiger partial charge is 0.342 e. The maximum atomic E-state index is 12.5. The van der Waals surface area contributed by atoms with Gasteiger partial charge in [-0.3, -0.25) is 9.48 Å². The number of nitrogens with one attached hydrogen (secondary N) is 1. The number of aryl methyl sites for hydroxylation is 1. The fourth-order valence-corrected chi connectivity index (χ4v) is 2.49. The third-order valence-electron chi connectivity index (χ3n) is 3.92. The Morgan fingerprint density at radius 3 is 2.37 bits per heavy atom. The predicted octanol–water partition coefficient (Wildman–Crippen LogP) is 3.37. The monoisotopic (exact) mass is 433 g/mol. The first-order chi connectivity index (χ1) is 13.9. The number of alkyl halides is 6. The lowest BCUT2D eigenvalue weighted by molar-refractivity contribution is -0.159. The molecule has 13 heteroatoms. The summed E-state index contributed by atoms with van der Waals surface area (Å²) in [6.07, 6.45) is -9.00. The molecule has 7 nitrogen and oxygen atoms in total. The molecule has 0 radical (unpaired) electrons. The molecule has 0 fully saturated rings. The maximum absolute atomic E-state index is 12.5. The van der Waals surface area contributed by atoms with Crippen molar-refractivity contribution >= 4 is 5.91 Å². The summed E-state index contributed by atoms with van der Waals surface area (Å²) in [5.41, 5.74) is 1.39. The zero-order valence-corrected chi connectivity index (χ0v) is 15.2. The number of nitrogens with zero attached hydrogens (tertiary/aromatic N) is 4. The van der Waals surface area contributed by atoms with E-state index in [1.165, 1.54) is 29.9 Å². The van der Waals surface area contributed by atoms with Gasteiger partial charge in [-0.05, 0) is 11.6 Å². The van der Waals surface area contributed by atoms with Gasteiger partial charge in [-0.2, -0.15) is 36.4 Å². The molecule has 3 rings (SSSR count). The van der Waals surface area contributed by atoms with Gasteiger partial charge in [0, 0.05) is 24.7 Å². The summed E-state index contributed by atoms with van der Waals surface area (Å²) in [5.74, 6) is -2.63. The van der Waals surface area contributed by atoms with Gasteiger partial charge < -0.3 is 9.84 Å². The van der Waals surface area contributed by atoms with Crippen molar-refractivity contribution in [2.24, 2.45) is 7.05 Å². The normalized spacial score (nSPS) is 12.2. The second kappa shape index (κ2) is 7.80. The van der Waals surface area contributed by atoms with E-state index in [0.29, 0.717) is 16.8 Å². The zero-order valence-electron chi connectivity index (χ0n) is 15.2. The maximum Gasteiger partial charge on any atom is 0.471 e. The van der Waals surface area contributed by atoms with Crippen molar-refractivity contribution in [3.63, 3.8) is 0 Å². The molecule has 0 atom stereocenters. The average Bonchev–Trinajstić information content (AvgIpc) is 3.27. The van der Waals surface area contributed by atoms with E-state index in [9.17, 15) is 31.1 Å². The second-order valence-electron chi connectivity index (χ2n) is 6.24. The number of carbonyl (C=O) groups excluding carboxylic acids is 1. The van der Waals surface area contributed by atoms with Gasteiger partial charge >= 0.3 is 18.2 Å². The summed E-state index contributed by atoms with van der Waals surface area (Å²) < 4.78 is 79.8. The molecule has 0 saturated heterocycles. The predicted molar refractivity (Wildman–Crippen MR) is 89.1 cm³/mol. The van der Waals surface area contributed by atoms with Crippen molar-refractivity contribution in [2.75, 3.05) is 6.54 Å². The molecule has 1 amide bonds. The molecule has 0 aliphatic carbocycles. The number of hydrogen-bond donors (Lipinski definition) is 1. The molecule has 3 aromatic rings. The molecule has 1 aromatic carbocycles. The molecule has 0 aliphatic rings. The summed E-state index contributed by atoms with van der Waals surface area (Å²) >= 11 is 0. The summed E-state index contributed by atoms with van der Waals surface area (Å²) in [6, 6.07) is 7.56. The first-order valence-electron chi connectivity index (χ1n) is 8.30. The Bertz CT molecular complexity index is 1040. The third-order valence-corrected chi connectivity index (χ3v) is 3.92. The van der Waals surface area contributed by atoms with Crippen molar-refractivity contribution in [3.05, 3.63) is 53.2 Å². The SMILES string of the molecule is Cn1nc(C(=O)NCC(F)(F)F)cc1Cc1ccc(-c2noc(C(F)(F)F)n2)cc1. The molecule has 2 heterocycles. The van der Waals surface area contributed by atoms with Gasteiger partial charge in [-0.25, -0.2) is 0 Å². The molecular formula is C17H13F6N5O2. The van der Waals surface area contributed by atoms with Crippen molar-refractivity contribution in [1.82, 2.24) is 25.2 Å². The molecule has 0 bridgehead atoms. The van der Waals surface area contributed by atoms with Crippen molar-refractivity contribution in [3.8, 4) is 11.4 Å². The van der Waals surface area contributed by atoms with Crippen LogP contribution in [0.2, 0.25) is 0 Å². The van der Waals surface area contributed by atoms with E-state index in [0.717, 1.165) is 0 Å². The van der Waals surface area contributed by atoms with Gasteiger partial charge in [0.15, 0.2) is 0 Å². The van der Waals surface area contributed by atoms with Crippen LogP contribution in [0, 0.1) is 0 Å². The molecular weight excluding hydrogens is 420 g/mol. The van der Waals surface area contributed by atoms with Gasteiger partial charge in [0.2, 0.25) is 5.82 Å². The molecule has 0 saturated carbocycles. The van der Waals surface area contributed by atoms with Crippen molar-refractivity contribution < 1.29 is 35.7 Å². The van der Waals surface area contributed by atoms with Gasteiger partial charge in [0.25, 0.3) is 5.91 Å². The Morgan fingerprint density at radius 1 is 1.13 bits per heavy atom. The van der Waals surface area contributed by atoms with Crippen LogP contribution in [0.25, 0.3) is 11.4 Å². The molecule has 160 valence electrons. The lowest BCUT2D eigenvalue weighted by Gasteiger charge is -2.06. The van der Waals surface area contributed by atoms with Crippen LogP contribution >= 0.6 is 0 Å². The quantitative estimate of drug-likeness (QED) is 0.624. The molecule has 0 unspecified atom stereocenters. The number of benzene rings is 1. The fourth-order valence-electron chi connectivity index (χ4n) is 2.49. The van der Waals surface area contributed by atoms with E-state index in [1.54, 1.807) is 17.4 Å². The van der Waals surface area contributed by atoms with Gasteiger partial charge in [0.1, 0.15) is 12.2 Å². The molecule has 30 heavy (non-hydrogen) atoms. The summed E-state index contributed by atoms with van der Waals surface area (Å²) in [6.45, 7) is -1.47. The van der Waals surface area contributed by atoms with Gasteiger partial charge in [-0.1, -0.05) is 29.4 Å². The highest BCUT2D eigenvalue weighted by molar-refractivity contribution is 5.92. The van der Waals surface area contributed by atoms with E-state index in [-0.39, 0.29) is 17.9 Å². The number of rotatable bonds is 5. The van der Waals surface area contributed by atoms with E-state index in [4.69, 9.17) is 0 Å². The Balaban J connectivity index is 1.69. The molecule has 1 N–H and O–H groups in total. The van der Waals surface area contributed by atoms with E-state index in [1.807, 2.05) is 0 Å². The van der Waals surface area contributed by atoms with Crippen LogP contribution in [0.15, 0.2) is 34.9 Å². The fraction of sp³-hybridized carbons (Fsp3) is 0.294. The number of halogens is 6. The lowest BCUT2D eigenvalue weighted by atomic mass is 10.1. The highest BCUT2D eigenvalue weighted by Gasteiger charge is 2.38. The minimum absolute atomic E-state index is 0.167. The van der Waals surface area contributed by atoms with Gasteiger partial charge in [-0.15, -0.1) is 0 Å². The Kier molecular flexibility index (Phi) is 5.55. The number of carbonyl (C=O) groups is 1. The van der Waals surface area contributed by atoms with Crippen LogP contribution in [-0.4, -0.2) is 38.5 Å². The third kappa shape index (κ3) is 5.15. The van der Waals surface area contributed by atoms with Crippen LogP contribution in [-0.2, 0) is 19.6 Å². The summed E-state index contributed by atoms with van der Waals surface area (Å²) in [7, 11) is 1.53. The van der Waals surface area contributed by atoms with E-state index in [2.05, 4.69) is 19.8 Å². The summed E-state index contributed by atoms with van der Waals surface area (Å²) in [4.78, 5) is 15.1. The lowest BCUT2D eigenvalue weighted by Crippen LogP contribution is -2.33. The Morgan fingerprint density at radius 2 is 1.80 bits per heavy atom. The second-order valence-corrected chi connectivity index (χ2v) is 6.24. The minimum atomic E-state index is -4.74. The molecule has 2 aromatic heterocycles. The van der Waals surface area contributed by atoms with Crippen LogP contribution in [0.3, 0.4) is 0 Å². The van der Waals surface area contributed by atoms with Gasteiger partial charge in [0.05, 0.1) is 0 Å². The number of aromatic nitrogens is 4. The highest BCUT2D eigenvalue weighted by atomic mass is 19.4. The first kappa shape index (κ1) is 21.3. The van der Waals surface area contributed by atoms with Crippen LogP contribution in [0.4, 0.5) is 26.3 Å². The largest absolute Gasteiger partial charge is 0.471 e. The number of amides is 1. The molecule has 0 spiro atoms. The Hall–Kier alpha value is -3.38. The first-order valence-corrected chi connectivity index (χ1v) is 8.30. The average molecular weight is 433 g/mol. The van der Waals surface area contributed by atoms with Crippen molar-refractivity contribution in [2.45, 2.75) is 18.8 Å².